The lowest BCUT2D eigenvalue weighted by atomic mass is 9.82. The van der Waals surface area contributed by atoms with Crippen LogP contribution in [0.5, 0.6) is 5.75 Å². The van der Waals surface area contributed by atoms with Crippen molar-refractivity contribution < 1.29 is 19.1 Å². The van der Waals surface area contributed by atoms with Crippen LogP contribution in [-0.4, -0.2) is 41.1 Å². The molecule has 2 aromatic rings. The highest BCUT2D eigenvalue weighted by Gasteiger charge is 2.44. The van der Waals surface area contributed by atoms with Crippen LogP contribution in [0.1, 0.15) is 67.7 Å². The summed E-state index contributed by atoms with van der Waals surface area (Å²) in [6.07, 6.45) is 1.50. The number of carbonyl (C=O) groups is 3. The molecule has 4 rings (SSSR count). The highest BCUT2D eigenvalue weighted by atomic mass is 32.1. The largest absolute Gasteiger partial charge is 0.486 e. The van der Waals surface area contributed by atoms with Gasteiger partial charge in [0.25, 0.3) is 5.91 Å². The number of carbonyl (C=O) groups excluding carboxylic acids is 3. The van der Waals surface area contributed by atoms with Crippen LogP contribution in [0.25, 0.3) is 0 Å². The average Bonchev–Trinajstić information content (AvgIpc) is 2.97. The lowest BCUT2D eigenvalue weighted by Gasteiger charge is -2.44. The van der Waals surface area contributed by atoms with Crippen LogP contribution in [0, 0.1) is 13.8 Å². The number of nitrogens with two attached hydrogens (primary N) is 1. The molecule has 0 bridgehead atoms. The molecule has 1 spiro atoms. The summed E-state index contributed by atoms with van der Waals surface area (Å²) in [5, 5.41) is 0.381. The fourth-order valence-electron chi connectivity index (χ4n) is 4.30. The van der Waals surface area contributed by atoms with Gasteiger partial charge in [-0.1, -0.05) is 11.6 Å². The van der Waals surface area contributed by atoms with Gasteiger partial charge in [-0.05, 0) is 38.5 Å². The summed E-state index contributed by atoms with van der Waals surface area (Å²) in [5.74, 6) is 0.491. The van der Waals surface area contributed by atoms with E-state index in [0.717, 1.165) is 5.56 Å². The van der Waals surface area contributed by atoms with Crippen molar-refractivity contribution in [3.8, 4) is 5.75 Å². The molecular weight excluding hydrogens is 388 g/mol. The van der Waals surface area contributed by atoms with Crippen molar-refractivity contribution in [2.24, 2.45) is 0 Å². The molecule has 1 aromatic heterocycles. The minimum atomic E-state index is -0.560. The fraction of sp³-hybridized carbons (Fsp3) is 0.409. The summed E-state index contributed by atoms with van der Waals surface area (Å²) in [6, 6.07) is 5.68. The van der Waals surface area contributed by atoms with E-state index in [-0.39, 0.29) is 17.5 Å². The first-order valence-corrected chi connectivity index (χ1v) is 10.5. The predicted octanol–water partition coefficient (Wildman–Crippen LogP) is 3.79. The number of aryl methyl sites for hydroxylation is 1. The van der Waals surface area contributed by atoms with Crippen LogP contribution in [0.3, 0.4) is 0 Å². The van der Waals surface area contributed by atoms with Gasteiger partial charge < -0.3 is 15.4 Å². The first-order chi connectivity index (χ1) is 13.7. The third-order valence-corrected chi connectivity index (χ3v) is 7.14. The number of piperidine rings is 1. The summed E-state index contributed by atoms with van der Waals surface area (Å²) < 4.78 is 6.28. The maximum Gasteiger partial charge on any atom is 0.257 e. The zero-order valence-electron chi connectivity index (χ0n) is 16.8. The Morgan fingerprint density at radius 2 is 1.90 bits per heavy atom. The van der Waals surface area contributed by atoms with Crippen molar-refractivity contribution in [2.75, 3.05) is 18.8 Å². The lowest BCUT2D eigenvalue weighted by Crippen LogP contribution is -2.52. The Bertz CT molecular complexity index is 1030. The maximum atomic E-state index is 13.1. The topological polar surface area (TPSA) is 89.7 Å². The normalized spacial score (nSPS) is 17.8. The van der Waals surface area contributed by atoms with Crippen molar-refractivity contribution in [1.82, 2.24) is 4.90 Å². The molecule has 2 aliphatic rings. The monoisotopic (exact) mass is 412 g/mol. The maximum absolute atomic E-state index is 13.1. The molecule has 3 heterocycles. The number of hydrogen-bond acceptors (Lipinski definition) is 6. The van der Waals surface area contributed by atoms with E-state index in [9.17, 15) is 14.4 Å². The first kappa shape index (κ1) is 19.6. The molecule has 0 radical (unpaired) electrons. The molecule has 2 aliphatic heterocycles. The number of fused-ring (bicyclic) bond motifs is 1. The number of Topliss-reactive ketones (excluding diaryl/α,β-unsaturated/α-hetero) is 2. The van der Waals surface area contributed by atoms with Gasteiger partial charge in [0.15, 0.2) is 11.6 Å². The van der Waals surface area contributed by atoms with Crippen LogP contribution < -0.4 is 10.5 Å². The SMILES string of the molecule is CC(=O)c1sc(N)c(C(=O)N2CCC3(CC2)CC(=O)c2cc(C)ccc2O3)c1C. The summed E-state index contributed by atoms with van der Waals surface area (Å²) in [6.45, 7) is 6.17. The second-order valence-corrected chi connectivity index (χ2v) is 9.08. The van der Waals surface area contributed by atoms with Crippen LogP contribution in [0.4, 0.5) is 5.00 Å². The minimum absolute atomic E-state index is 0.0844. The van der Waals surface area contributed by atoms with Crippen LogP contribution in [-0.2, 0) is 0 Å². The standard InChI is InChI=1S/C22H24N2O4S/c1-12-4-5-17-15(10-12)16(26)11-22(28-17)6-8-24(9-7-22)21(27)18-13(2)19(14(3)25)29-20(18)23/h4-5,10H,6-9,11,23H2,1-3H3. The Labute approximate surface area is 173 Å². The number of likely N-dealkylation sites (tertiary alicyclic amines) is 1. The Morgan fingerprint density at radius 1 is 1.21 bits per heavy atom. The average molecular weight is 413 g/mol. The summed E-state index contributed by atoms with van der Waals surface area (Å²) in [5.41, 5.74) is 8.26. The predicted molar refractivity (Wildman–Crippen MR) is 112 cm³/mol. The second kappa shape index (κ2) is 6.99. The zero-order valence-corrected chi connectivity index (χ0v) is 17.6. The molecule has 7 heteroatoms. The van der Waals surface area contributed by atoms with Crippen molar-refractivity contribution in [2.45, 2.75) is 45.6 Å². The number of thiophene rings is 1. The molecule has 0 atom stereocenters. The van der Waals surface area contributed by atoms with Crippen LogP contribution in [0.15, 0.2) is 18.2 Å². The van der Waals surface area contributed by atoms with E-state index in [4.69, 9.17) is 10.5 Å². The molecule has 1 amide bonds. The number of rotatable bonds is 2. The van der Waals surface area contributed by atoms with E-state index in [0.29, 0.717) is 64.7 Å². The quantitative estimate of drug-likeness (QED) is 0.758. The van der Waals surface area contributed by atoms with Crippen molar-refractivity contribution in [3.63, 3.8) is 0 Å². The Balaban J connectivity index is 1.52. The molecule has 152 valence electrons. The van der Waals surface area contributed by atoms with Gasteiger partial charge in [-0.3, -0.25) is 14.4 Å². The molecular formula is C22H24N2O4S. The molecule has 0 unspecified atom stereocenters. The van der Waals surface area contributed by atoms with Gasteiger partial charge in [-0.15, -0.1) is 11.3 Å². The number of ketones is 2. The number of nitrogens with zero attached hydrogens (tertiary/aromatic N) is 1. The van der Waals surface area contributed by atoms with Gasteiger partial charge in [0.05, 0.1) is 27.4 Å². The number of amides is 1. The molecule has 6 nitrogen and oxygen atoms in total. The van der Waals surface area contributed by atoms with Gasteiger partial charge in [-0.25, -0.2) is 0 Å². The highest BCUT2D eigenvalue weighted by molar-refractivity contribution is 7.18. The van der Waals surface area contributed by atoms with Crippen molar-refractivity contribution in [1.29, 1.82) is 0 Å². The molecule has 1 fully saturated rings. The lowest BCUT2D eigenvalue weighted by molar-refractivity contribution is -0.00570. The van der Waals surface area contributed by atoms with Crippen LogP contribution in [0.2, 0.25) is 0 Å². The number of hydrogen-bond donors (Lipinski definition) is 1. The summed E-state index contributed by atoms with van der Waals surface area (Å²) in [4.78, 5) is 39.8. The third kappa shape index (κ3) is 3.33. The van der Waals surface area contributed by atoms with E-state index in [1.807, 2.05) is 25.1 Å². The van der Waals surface area contributed by atoms with E-state index in [1.165, 1.54) is 18.3 Å². The molecule has 1 saturated heterocycles. The Kier molecular flexibility index (Phi) is 4.73. The first-order valence-electron chi connectivity index (χ1n) is 9.73. The van der Waals surface area contributed by atoms with Gasteiger partial charge in [-0.2, -0.15) is 0 Å². The molecule has 29 heavy (non-hydrogen) atoms. The Morgan fingerprint density at radius 3 is 2.52 bits per heavy atom. The van der Waals surface area contributed by atoms with E-state index < -0.39 is 5.60 Å². The summed E-state index contributed by atoms with van der Waals surface area (Å²) in [7, 11) is 0. The van der Waals surface area contributed by atoms with Gasteiger partial charge in [0, 0.05) is 25.9 Å². The van der Waals surface area contributed by atoms with Gasteiger partial charge >= 0.3 is 0 Å². The number of anilines is 1. The highest BCUT2D eigenvalue weighted by Crippen LogP contribution is 2.40. The van der Waals surface area contributed by atoms with Crippen molar-refractivity contribution in [3.05, 3.63) is 45.3 Å². The molecule has 1 aromatic carbocycles. The third-order valence-electron chi connectivity index (χ3n) is 5.91. The van der Waals surface area contributed by atoms with Gasteiger partial charge in [0.1, 0.15) is 11.4 Å². The van der Waals surface area contributed by atoms with E-state index in [1.54, 1.807) is 11.8 Å². The summed E-state index contributed by atoms with van der Waals surface area (Å²) >= 11 is 1.17. The second-order valence-electron chi connectivity index (χ2n) is 8.03. The number of nitrogen functional groups attached to an aromatic ring is 1. The smallest absolute Gasteiger partial charge is 0.257 e. The Hall–Kier alpha value is -2.67. The zero-order chi connectivity index (χ0) is 20.9. The minimum Gasteiger partial charge on any atom is -0.486 e. The number of benzene rings is 1. The molecule has 2 N–H and O–H groups in total. The van der Waals surface area contributed by atoms with Gasteiger partial charge in [0.2, 0.25) is 0 Å². The fourth-order valence-corrected chi connectivity index (χ4v) is 5.26. The molecule has 0 aliphatic carbocycles. The van der Waals surface area contributed by atoms with E-state index in [2.05, 4.69) is 0 Å². The van der Waals surface area contributed by atoms with Crippen LogP contribution >= 0.6 is 11.3 Å². The molecule has 0 saturated carbocycles. The van der Waals surface area contributed by atoms with E-state index >= 15 is 0 Å². The van der Waals surface area contributed by atoms with Crippen molar-refractivity contribution >= 4 is 33.8 Å². The number of ether oxygens (including phenoxy) is 1.